The van der Waals surface area contributed by atoms with Gasteiger partial charge in [-0.3, -0.25) is 24.7 Å². The fourth-order valence-corrected chi connectivity index (χ4v) is 2.88. The fraction of sp³-hybridized carbons (Fsp3) is 0. The number of hydrogen-bond acceptors (Lipinski definition) is 5. The molecule has 0 saturated heterocycles. The summed E-state index contributed by atoms with van der Waals surface area (Å²) in [4.78, 5) is 29.6. The summed E-state index contributed by atoms with van der Waals surface area (Å²) in [5, 5.41) is 0. The van der Waals surface area contributed by atoms with Gasteiger partial charge in [0.05, 0.1) is 23.8 Å². The molecule has 0 bridgehead atoms. The van der Waals surface area contributed by atoms with Gasteiger partial charge in [0.15, 0.2) is 5.78 Å². The van der Waals surface area contributed by atoms with E-state index in [1.807, 2.05) is 0 Å². The second kappa shape index (κ2) is 7.40. The molecule has 0 aliphatic carbocycles. The van der Waals surface area contributed by atoms with Crippen LogP contribution in [-0.2, 0) is 0 Å². The van der Waals surface area contributed by atoms with Gasteiger partial charge in [0.1, 0.15) is 11.6 Å². The number of rotatable bonds is 4. The van der Waals surface area contributed by atoms with Crippen LogP contribution < -0.4 is 0 Å². The second-order valence-corrected chi connectivity index (χ2v) is 5.89. The third-order valence-corrected chi connectivity index (χ3v) is 4.13. The highest BCUT2D eigenvalue weighted by atomic mass is 19.1. The Kier molecular flexibility index (Phi) is 4.63. The Balaban J connectivity index is 1.90. The monoisotopic (exact) mass is 374 g/mol. The number of benzene rings is 2. The lowest BCUT2D eigenvalue weighted by atomic mass is 9.92. The molecule has 0 fully saturated rings. The molecule has 136 valence electrons. The van der Waals surface area contributed by atoms with Gasteiger partial charge in [-0.1, -0.05) is 0 Å². The third-order valence-electron chi connectivity index (χ3n) is 4.13. The second-order valence-electron chi connectivity index (χ2n) is 5.89. The topological polar surface area (TPSA) is 68.6 Å². The SMILES string of the molecule is O=C(c1cc(F)ccc1-c1cnccn1)c1cc(F)ccc1-c1cnccn1. The normalized spacial score (nSPS) is 10.6. The third kappa shape index (κ3) is 3.37. The van der Waals surface area contributed by atoms with Crippen molar-refractivity contribution in [3.8, 4) is 22.5 Å². The smallest absolute Gasteiger partial charge is 0.194 e. The molecule has 0 unspecified atom stereocenters. The molecule has 0 N–H and O–H groups in total. The number of halogens is 2. The van der Waals surface area contributed by atoms with Gasteiger partial charge in [-0.05, 0) is 36.4 Å². The summed E-state index contributed by atoms with van der Waals surface area (Å²) in [6.07, 6.45) is 8.87. The molecular weight excluding hydrogens is 362 g/mol. The van der Waals surface area contributed by atoms with Crippen molar-refractivity contribution in [1.29, 1.82) is 0 Å². The molecule has 4 rings (SSSR count). The van der Waals surface area contributed by atoms with Crippen molar-refractivity contribution in [1.82, 2.24) is 19.9 Å². The van der Waals surface area contributed by atoms with Crippen molar-refractivity contribution in [3.63, 3.8) is 0 Å². The van der Waals surface area contributed by atoms with Crippen molar-refractivity contribution < 1.29 is 13.6 Å². The highest BCUT2D eigenvalue weighted by Crippen LogP contribution is 2.29. The Labute approximate surface area is 158 Å². The molecular formula is C21H12F2N4O. The Morgan fingerprint density at radius 2 is 1.14 bits per heavy atom. The van der Waals surface area contributed by atoms with Crippen LogP contribution in [0.2, 0.25) is 0 Å². The molecule has 0 amide bonds. The van der Waals surface area contributed by atoms with Crippen molar-refractivity contribution in [2.24, 2.45) is 0 Å². The summed E-state index contributed by atoms with van der Waals surface area (Å²) in [5.74, 6) is -1.73. The first kappa shape index (κ1) is 17.5. The van der Waals surface area contributed by atoms with E-state index in [1.165, 1.54) is 61.4 Å². The Bertz CT molecular complexity index is 1060. The maximum Gasteiger partial charge on any atom is 0.194 e. The summed E-state index contributed by atoms with van der Waals surface area (Å²) >= 11 is 0. The van der Waals surface area contributed by atoms with Gasteiger partial charge >= 0.3 is 0 Å². The quantitative estimate of drug-likeness (QED) is 0.503. The van der Waals surface area contributed by atoms with Gasteiger partial charge in [-0.2, -0.15) is 0 Å². The molecule has 2 heterocycles. The number of carbonyl (C=O) groups excluding carboxylic acids is 1. The van der Waals surface area contributed by atoms with Crippen LogP contribution in [0, 0.1) is 11.6 Å². The number of aromatic nitrogens is 4. The summed E-state index contributed by atoms with van der Waals surface area (Å²) in [5.41, 5.74) is 1.71. The highest BCUT2D eigenvalue weighted by molar-refractivity contribution is 6.15. The first-order valence-corrected chi connectivity index (χ1v) is 8.30. The van der Waals surface area contributed by atoms with Crippen molar-refractivity contribution in [2.75, 3.05) is 0 Å². The molecule has 0 atom stereocenters. The van der Waals surface area contributed by atoms with Crippen LogP contribution in [0.25, 0.3) is 22.5 Å². The molecule has 5 nitrogen and oxygen atoms in total. The van der Waals surface area contributed by atoms with Crippen LogP contribution in [0.1, 0.15) is 15.9 Å². The van der Waals surface area contributed by atoms with Gasteiger partial charge in [-0.15, -0.1) is 0 Å². The number of hydrogen-bond donors (Lipinski definition) is 0. The molecule has 28 heavy (non-hydrogen) atoms. The first-order chi connectivity index (χ1) is 13.6. The lowest BCUT2D eigenvalue weighted by molar-refractivity contribution is 0.103. The van der Waals surface area contributed by atoms with E-state index in [1.54, 1.807) is 0 Å². The molecule has 2 aromatic heterocycles. The average molecular weight is 374 g/mol. The zero-order valence-electron chi connectivity index (χ0n) is 14.4. The molecule has 7 heteroatoms. The van der Waals surface area contributed by atoms with Crippen molar-refractivity contribution in [3.05, 3.63) is 96.3 Å². The Morgan fingerprint density at radius 1 is 0.679 bits per heavy atom. The van der Waals surface area contributed by atoms with Gasteiger partial charge < -0.3 is 0 Å². The lowest BCUT2D eigenvalue weighted by Gasteiger charge is -2.12. The zero-order chi connectivity index (χ0) is 19.5. The molecule has 0 radical (unpaired) electrons. The van der Waals surface area contributed by atoms with Crippen LogP contribution in [0.15, 0.2) is 73.6 Å². The van der Waals surface area contributed by atoms with Crippen LogP contribution in [0.3, 0.4) is 0 Å². The van der Waals surface area contributed by atoms with Crippen molar-refractivity contribution in [2.45, 2.75) is 0 Å². The van der Waals surface area contributed by atoms with Gasteiger partial charge in [0.25, 0.3) is 0 Å². The van der Waals surface area contributed by atoms with Gasteiger partial charge in [-0.25, -0.2) is 8.78 Å². The average Bonchev–Trinajstić information content (AvgIpc) is 2.74. The number of carbonyl (C=O) groups is 1. The maximum atomic E-state index is 14.0. The first-order valence-electron chi connectivity index (χ1n) is 8.30. The van der Waals surface area contributed by atoms with Gasteiger partial charge in [0.2, 0.25) is 0 Å². The van der Waals surface area contributed by atoms with E-state index in [-0.39, 0.29) is 11.1 Å². The summed E-state index contributed by atoms with van der Waals surface area (Å²) in [6, 6.07) is 7.59. The largest absolute Gasteiger partial charge is 0.289 e. The minimum absolute atomic E-state index is 0.0521. The highest BCUT2D eigenvalue weighted by Gasteiger charge is 2.21. The van der Waals surface area contributed by atoms with Crippen LogP contribution >= 0.6 is 0 Å². The van der Waals surface area contributed by atoms with Crippen LogP contribution in [-0.4, -0.2) is 25.7 Å². The Morgan fingerprint density at radius 3 is 1.54 bits per heavy atom. The Hall–Kier alpha value is -3.87. The number of ketones is 1. The van der Waals surface area contributed by atoms with E-state index in [0.29, 0.717) is 22.5 Å². The number of nitrogens with zero attached hydrogens (tertiary/aromatic N) is 4. The summed E-state index contributed by atoms with van der Waals surface area (Å²) < 4.78 is 27.9. The fourth-order valence-electron chi connectivity index (χ4n) is 2.88. The molecule has 4 aromatic rings. The van der Waals surface area contributed by atoms with Crippen LogP contribution in [0.5, 0.6) is 0 Å². The van der Waals surface area contributed by atoms with Crippen molar-refractivity contribution >= 4 is 5.78 Å². The van der Waals surface area contributed by atoms with E-state index >= 15 is 0 Å². The minimum atomic E-state index is -0.589. The van der Waals surface area contributed by atoms with E-state index in [2.05, 4.69) is 19.9 Å². The summed E-state index contributed by atoms with van der Waals surface area (Å²) in [7, 11) is 0. The maximum absolute atomic E-state index is 14.0. The van der Waals surface area contributed by atoms with E-state index in [4.69, 9.17) is 0 Å². The van der Waals surface area contributed by atoms with Crippen LogP contribution in [0.4, 0.5) is 8.78 Å². The minimum Gasteiger partial charge on any atom is -0.289 e. The predicted molar refractivity (Wildman–Crippen MR) is 98.3 cm³/mol. The van der Waals surface area contributed by atoms with Gasteiger partial charge in [0, 0.05) is 47.0 Å². The molecule has 0 spiro atoms. The predicted octanol–water partition coefficient (Wildman–Crippen LogP) is 4.11. The van der Waals surface area contributed by atoms with E-state index in [0.717, 1.165) is 12.1 Å². The standard InChI is InChI=1S/C21H12F2N4O/c22-13-1-3-15(19-11-24-5-7-26-19)17(9-13)21(28)18-10-14(23)2-4-16(18)20-12-25-6-8-27-20/h1-12H. The molecule has 2 aromatic carbocycles. The zero-order valence-corrected chi connectivity index (χ0v) is 14.4. The molecule has 0 saturated carbocycles. The lowest BCUT2D eigenvalue weighted by Crippen LogP contribution is -2.08. The molecule has 0 aliphatic heterocycles. The van der Waals surface area contributed by atoms with E-state index < -0.39 is 17.4 Å². The van der Waals surface area contributed by atoms with E-state index in [9.17, 15) is 13.6 Å². The molecule has 0 aliphatic rings. The summed E-state index contributed by atoms with van der Waals surface area (Å²) in [6.45, 7) is 0.